The maximum absolute atomic E-state index is 11.8. The smallest absolute Gasteiger partial charge is 0.408 e. The predicted octanol–water partition coefficient (Wildman–Crippen LogP) is 2.96. The van der Waals surface area contributed by atoms with Crippen molar-refractivity contribution in [3.63, 3.8) is 0 Å². The van der Waals surface area contributed by atoms with E-state index < -0.39 is 18.1 Å². The highest BCUT2D eigenvalue weighted by Gasteiger charge is 2.21. The summed E-state index contributed by atoms with van der Waals surface area (Å²) in [6, 6.07) is 8.36. The molecule has 24 heavy (non-hydrogen) atoms. The summed E-state index contributed by atoms with van der Waals surface area (Å²) >= 11 is 0. The van der Waals surface area contributed by atoms with E-state index in [1.54, 1.807) is 0 Å². The quantitative estimate of drug-likeness (QED) is 0.763. The first kappa shape index (κ1) is 18.3. The number of carboxylic acid groups (broad SMARTS) is 1. The highest BCUT2D eigenvalue weighted by molar-refractivity contribution is 5.79. The fourth-order valence-electron chi connectivity index (χ4n) is 2.81. The van der Waals surface area contributed by atoms with Crippen molar-refractivity contribution in [3.8, 4) is 0 Å². The number of carboxylic acids is 1. The van der Waals surface area contributed by atoms with Crippen molar-refractivity contribution in [2.75, 3.05) is 13.2 Å². The third-order valence-corrected chi connectivity index (χ3v) is 4.25. The lowest BCUT2D eigenvalue weighted by atomic mass is 9.93. The molecule has 1 amide bonds. The molecule has 1 fully saturated rings. The number of rotatable bonds is 8. The molecule has 1 saturated heterocycles. The molecule has 132 valence electrons. The summed E-state index contributed by atoms with van der Waals surface area (Å²) < 4.78 is 10.4. The molecular weight excluding hydrogens is 310 g/mol. The average Bonchev–Trinajstić information content (AvgIpc) is 2.61. The Labute approximate surface area is 142 Å². The monoisotopic (exact) mass is 335 g/mol. The molecule has 6 nitrogen and oxygen atoms in total. The molecule has 1 aromatic rings. The molecule has 0 saturated carbocycles. The van der Waals surface area contributed by atoms with E-state index >= 15 is 0 Å². The normalized spacial score (nSPS) is 16.3. The first-order valence-electron chi connectivity index (χ1n) is 8.43. The number of nitrogens with one attached hydrogen (secondary N) is 1. The van der Waals surface area contributed by atoms with E-state index in [2.05, 4.69) is 5.32 Å². The van der Waals surface area contributed by atoms with Crippen LogP contribution in [0.1, 0.15) is 37.7 Å². The molecule has 0 radical (unpaired) electrons. The summed E-state index contributed by atoms with van der Waals surface area (Å²) in [6.45, 7) is 1.70. The van der Waals surface area contributed by atoms with Crippen molar-refractivity contribution < 1.29 is 24.2 Å². The number of hydrogen-bond donors (Lipinski definition) is 2. The van der Waals surface area contributed by atoms with E-state index in [0.717, 1.165) is 44.5 Å². The van der Waals surface area contributed by atoms with Crippen LogP contribution in [0, 0.1) is 5.92 Å². The van der Waals surface area contributed by atoms with Crippen LogP contribution in [0.25, 0.3) is 0 Å². The van der Waals surface area contributed by atoms with E-state index in [1.807, 2.05) is 30.3 Å². The number of amides is 1. The van der Waals surface area contributed by atoms with Gasteiger partial charge in [-0.2, -0.15) is 0 Å². The lowest BCUT2D eigenvalue weighted by Crippen LogP contribution is -2.41. The second-order valence-electron chi connectivity index (χ2n) is 6.08. The number of ether oxygens (including phenoxy) is 2. The summed E-state index contributed by atoms with van der Waals surface area (Å²) in [5.41, 5.74) is 0.860. The largest absolute Gasteiger partial charge is 0.480 e. The molecule has 1 atom stereocenters. The van der Waals surface area contributed by atoms with Gasteiger partial charge in [-0.25, -0.2) is 9.59 Å². The second kappa shape index (κ2) is 9.93. The summed E-state index contributed by atoms with van der Waals surface area (Å²) in [5, 5.41) is 11.7. The Morgan fingerprint density at radius 1 is 1.25 bits per heavy atom. The highest BCUT2D eigenvalue weighted by Crippen LogP contribution is 2.21. The lowest BCUT2D eigenvalue weighted by molar-refractivity contribution is -0.139. The fraction of sp³-hybridized carbons (Fsp3) is 0.556. The molecule has 2 rings (SSSR count). The van der Waals surface area contributed by atoms with Gasteiger partial charge in [0, 0.05) is 13.2 Å². The van der Waals surface area contributed by atoms with Gasteiger partial charge in [-0.3, -0.25) is 0 Å². The van der Waals surface area contributed by atoms with Gasteiger partial charge >= 0.3 is 12.1 Å². The van der Waals surface area contributed by atoms with Crippen LogP contribution in [-0.2, 0) is 20.9 Å². The molecule has 1 unspecified atom stereocenters. The van der Waals surface area contributed by atoms with Crippen LogP contribution in [0.4, 0.5) is 4.79 Å². The van der Waals surface area contributed by atoms with Crippen LogP contribution in [0.5, 0.6) is 0 Å². The Balaban J connectivity index is 1.69. The summed E-state index contributed by atoms with van der Waals surface area (Å²) in [6.07, 6.45) is 3.51. The number of alkyl carbamates (subject to hydrolysis) is 1. The van der Waals surface area contributed by atoms with Crippen LogP contribution in [0.15, 0.2) is 30.3 Å². The number of carbonyl (C=O) groups is 2. The van der Waals surface area contributed by atoms with Crippen LogP contribution >= 0.6 is 0 Å². The SMILES string of the molecule is O=C(NC(CCCC1CCOCC1)C(=O)O)OCc1ccccc1. The lowest BCUT2D eigenvalue weighted by Gasteiger charge is -2.22. The molecule has 0 aromatic heterocycles. The Bertz CT molecular complexity index is 513. The highest BCUT2D eigenvalue weighted by atomic mass is 16.5. The third-order valence-electron chi connectivity index (χ3n) is 4.25. The number of carbonyl (C=O) groups excluding carboxylic acids is 1. The first-order valence-corrected chi connectivity index (χ1v) is 8.43. The van der Waals surface area contributed by atoms with Crippen LogP contribution in [0.3, 0.4) is 0 Å². The molecule has 1 aromatic carbocycles. The molecule has 2 N–H and O–H groups in total. The van der Waals surface area contributed by atoms with E-state index in [4.69, 9.17) is 9.47 Å². The minimum atomic E-state index is -1.03. The maximum atomic E-state index is 11.8. The van der Waals surface area contributed by atoms with Gasteiger partial charge < -0.3 is 19.9 Å². The van der Waals surface area contributed by atoms with Gasteiger partial charge in [-0.1, -0.05) is 43.2 Å². The summed E-state index contributed by atoms with van der Waals surface area (Å²) in [7, 11) is 0. The van der Waals surface area contributed by atoms with E-state index in [9.17, 15) is 14.7 Å². The van der Waals surface area contributed by atoms with Crippen LogP contribution < -0.4 is 5.32 Å². The Hall–Kier alpha value is -2.08. The van der Waals surface area contributed by atoms with Gasteiger partial charge in [-0.05, 0) is 30.7 Å². The van der Waals surface area contributed by atoms with Gasteiger partial charge in [0.15, 0.2) is 0 Å². The van der Waals surface area contributed by atoms with Crippen molar-refractivity contribution in [2.24, 2.45) is 5.92 Å². The summed E-state index contributed by atoms with van der Waals surface area (Å²) in [4.78, 5) is 23.1. The zero-order valence-electron chi connectivity index (χ0n) is 13.8. The molecule has 1 aliphatic rings. The second-order valence-corrected chi connectivity index (χ2v) is 6.08. The van der Waals surface area contributed by atoms with Crippen molar-refractivity contribution in [1.82, 2.24) is 5.32 Å². The van der Waals surface area contributed by atoms with Crippen molar-refractivity contribution in [2.45, 2.75) is 44.8 Å². The van der Waals surface area contributed by atoms with Crippen LogP contribution in [-0.4, -0.2) is 36.4 Å². The van der Waals surface area contributed by atoms with Crippen LogP contribution in [0.2, 0.25) is 0 Å². The van der Waals surface area contributed by atoms with Gasteiger partial charge in [0.1, 0.15) is 12.6 Å². The van der Waals surface area contributed by atoms with Crippen molar-refractivity contribution in [1.29, 1.82) is 0 Å². The Kier molecular flexibility index (Phi) is 7.55. The third kappa shape index (κ3) is 6.58. The Morgan fingerprint density at radius 2 is 1.96 bits per heavy atom. The van der Waals surface area contributed by atoms with Gasteiger partial charge in [0.2, 0.25) is 0 Å². The van der Waals surface area contributed by atoms with E-state index in [0.29, 0.717) is 12.3 Å². The molecule has 0 aliphatic carbocycles. The van der Waals surface area contributed by atoms with E-state index in [1.165, 1.54) is 0 Å². The van der Waals surface area contributed by atoms with Gasteiger partial charge in [-0.15, -0.1) is 0 Å². The van der Waals surface area contributed by atoms with E-state index in [-0.39, 0.29) is 6.61 Å². The summed E-state index contributed by atoms with van der Waals surface area (Å²) in [5.74, 6) is -0.433. The molecule has 1 heterocycles. The van der Waals surface area contributed by atoms with Crippen molar-refractivity contribution in [3.05, 3.63) is 35.9 Å². The zero-order valence-corrected chi connectivity index (χ0v) is 13.8. The maximum Gasteiger partial charge on any atom is 0.408 e. The van der Waals surface area contributed by atoms with Crippen molar-refractivity contribution >= 4 is 12.1 Å². The number of hydrogen-bond acceptors (Lipinski definition) is 4. The number of benzene rings is 1. The minimum Gasteiger partial charge on any atom is -0.480 e. The van der Waals surface area contributed by atoms with Gasteiger partial charge in [0.25, 0.3) is 0 Å². The average molecular weight is 335 g/mol. The molecule has 0 bridgehead atoms. The molecule has 1 aliphatic heterocycles. The first-order chi connectivity index (χ1) is 11.6. The fourth-order valence-corrected chi connectivity index (χ4v) is 2.81. The standard InChI is InChI=1S/C18H25NO5/c20-17(21)16(8-4-7-14-9-11-23-12-10-14)19-18(22)24-13-15-5-2-1-3-6-15/h1-3,5-6,14,16H,4,7-13H2,(H,19,22)(H,20,21). The Morgan fingerprint density at radius 3 is 2.62 bits per heavy atom. The molecular formula is C18H25NO5. The van der Waals surface area contributed by atoms with Gasteiger partial charge in [0.05, 0.1) is 0 Å². The number of aliphatic carboxylic acids is 1. The zero-order chi connectivity index (χ0) is 17.2. The minimum absolute atomic E-state index is 0.126. The predicted molar refractivity (Wildman–Crippen MR) is 88.6 cm³/mol. The molecule has 6 heteroatoms. The topological polar surface area (TPSA) is 84.9 Å². The molecule has 0 spiro atoms.